The molecule has 0 bridgehead atoms. The van der Waals surface area contributed by atoms with Crippen molar-refractivity contribution in [2.45, 2.75) is 13.8 Å². The molecule has 0 spiro atoms. The number of rotatable bonds is 4. The van der Waals surface area contributed by atoms with Gasteiger partial charge in [0.1, 0.15) is 0 Å². The summed E-state index contributed by atoms with van der Waals surface area (Å²) >= 11 is 0. The number of nitrogens with one attached hydrogen (secondary N) is 2. The van der Waals surface area contributed by atoms with E-state index in [0.717, 1.165) is 22.4 Å². The fourth-order valence-corrected chi connectivity index (χ4v) is 2.12. The normalized spacial score (nSPS) is 10.6. The number of carbonyl (C=O) groups excluding carboxylic acids is 2. The van der Waals surface area contributed by atoms with Crippen molar-refractivity contribution in [2.24, 2.45) is 0 Å². The van der Waals surface area contributed by atoms with Crippen LogP contribution in [0.15, 0.2) is 48.5 Å². The van der Waals surface area contributed by atoms with Crippen molar-refractivity contribution in [3.05, 3.63) is 70.8 Å². The van der Waals surface area contributed by atoms with Gasteiger partial charge in [-0.3, -0.25) is 9.59 Å². The Hall–Kier alpha value is -2.88. The number of benzene rings is 2. The van der Waals surface area contributed by atoms with Gasteiger partial charge in [0.05, 0.1) is 0 Å². The van der Waals surface area contributed by atoms with Gasteiger partial charge in [-0.05, 0) is 54.8 Å². The van der Waals surface area contributed by atoms with Crippen LogP contribution in [0.3, 0.4) is 0 Å². The minimum Gasteiger partial charge on any atom is -0.355 e. The highest BCUT2D eigenvalue weighted by atomic mass is 16.2. The molecule has 0 radical (unpaired) electrons. The molecule has 0 aliphatic carbocycles. The van der Waals surface area contributed by atoms with Crippen molar-refractivity contribution < 1.29 is 9.59 Å². The predicted octanol–water partition coefficient (Wildman–Crippen LogP) is 3.31. The minimum absolute atomic E-state index is 0.131. The van der Waals surface area contributed by atoms with Gasteiger partial charge < -0.3 is 10.6 Å². The minimum atomic E-state index is -0.186. The van der Waals surface area contributed by atoms with Crippen molar-refractivity contribution in [3.8, 4) is 0 Å². The standard InChI is InChI=1S/C19H20N2O2/c1-13-5-4-6-17(14(13)2)21-18(22)12-9-15-7-10-16(11-8-15)19(23)20-3/h4-12H,1-3H3,(H,20,23)(H,21,22)/b12-9+. The van der Waals surface area contributed by atoms with Gasteiger partial charge in [0.15, 0.2) is 0 Å². The van der Waals surface area contributed by atoms with Crippen LogP contribution >= 0.6 is 0 Å². The lowest BCUT2D eigenvalue weighted by molar-refractivity contribution is -0.111. The molecule has 0 fully saturated rings. The van der Waals surface area contributed by atoms with Gasteiger partial charge in [0, 0.05) is 24.4 Å². The highest BCUT2D eigenvalue weighted by molar-refractivity contribution is 6.02. The van der Waals surface area contributed by atoms with E-state index in [1.165, 1.54) is 6.08 Å². The molecule has 2 aromatic carbocycles. The third-order valence-corrected chi connectivity index (χ3v) is 3.69. The van der Waals surface area contributed by atoms with E-state index in [0.29, 0.717) is 5.56 Å². The van der Waals surface area contributed by atoms with Crippen LogP contribution in [0.4, 0.5) is 5.69 Å². The Morgan fingerprint density at radius 1 is 1.00 bits per heavy atom. The van der Waals surface area contributed by atoms with Crippen LogP contribution in [0.25, 0.3) is 6.08 Å². The highest BCUT2D eigenvalue weighted by Crippen LogP contribution is 2.18. The Morgan fingerprint density at radius 2 is 1.70 bits per heavy atom. The van der Waals surface area contributed by atoms with E-state index in [4.69, 9.17) is 0 Å². The molecule has 23 heavy (non-hydrogen) atoms. The summed E-state index contributed by atoms with van der Waals surface area (Å²) < 4.78 is 0. The molecule has 4 nitrogen and oxygen atoms in total. The van der Waals surface area contributed by atoms with E-state index in [1.807, 2.05) is 32.0 Å². The van der Waals surface area contributed by atoms with E-state index < -0.39 is 0 Å². The SMILES string of the molecule is CNC(=O)c1ccc(/C=C/C(=O)Nc2cccc(C)c2C)cc1. The van der Waals surface area contributed by atoms with Gasteiger partial charge in [-0.25, -0.2) is 0 Å². The first-order valence-electron chi connectivity index (χ1n) is 7.38. The van der Waals surface area contributed by atoms with Crippen molar-refractivity contribution in [2.75, 3.05) is 12.4 Å². The first-order valence-corrected chi connectivity index (χ1v) is 7.38. The maximum atomic E-state index is 12.0. The molecule has 2 N–H and O–H groups in total. The zero-order valence-corrected chi connectivity index (χ0v) is 13.5. The molecule has 0 aromatic heterocycles. The number of hydrogen-bond acceptors (Lipinski definition) is 2. The third-order valence-electron chi connectivity index (χ3n) is 3.69. The molecule has 2 amide bonds. The van der Waals surface area contributed by atoms with Crippen LogP contribution in [-0.4, -0.2) is 18.9 Å². The average Bonchev–Trinajstić information content (AvgIpc) is 2.57. The number of carbonyl (C=O) groups is 2. The van der Waals surface area contributed by atoms with Gasteiger partial charge >= 0.3 is 0 Å². The molecular formula is C19H20N2O2. The van der Waals surface area contributed by atoms with E-state index >= 15 is 0 Å². The first-order chi connectivity index (χ1) is 11.0. The number of aryl methyl sites for hydroxylation is 1. The van der Waals surface area contributed by atoms with Crippen LogP contribution in [-0.2, 0) is 4.79 Å². The summed E-state index contributed by atoms with van der Waals surface area (Å²) in [5.74, 6) is -0.317. The molecule has 118 valence electrons. The fourth-order valence-electron chi connectivity index (χ4n) is 2.12. The lowest BCUT2D eigenvalue weighted by atomic mass is 10.1. The zero-order valence-electron chi connectivity index (χ0n) is 13.5. The van der Waals surface area contributed by atoms with Crippen molar-refractivity contribution in [1.29, 1.82) is 0 Å². The highest BCUT2D eigenvalue weighted by Gasteiger charge is 2.04. The van der Waals surface area contributed by atoms with Crippen LogP contribution in [0.5, 0.6) is 0 Å². The molecule has 0 unspecified atom stereocenters. The molecule has 4 heteroatoms. The van der Waals surface area contributed by atoms with E-state index in [9.17, 15) is 9.59 Å². The summed E-state index contributed by atoms with van der Waals surface area (Å²) in [6, 6.07) is 12.8. The summed E-state index contributed by atoms with van der Waals surface area (Å²) in [4.78, 5) is 23.5. The van der Waals surface area contributed by atoms with Gasteiger partial charge in [-0.2, -0.15) is 0 Å². The number of amides is 2. The summed E-state index contributed by atoms with van der Waals surface area (Å²) in [5, 5.41) is 5.44. The second kappa shape index (κ2) is 7.40. The lowest BCUT2D eigenvalue weighted by Gasteiger charge is -2.08. The maximum Gasteiger partial charge on any atom is 0.251 e. The van der Waals surface area contributed by atoms with Gasteiger partial charge in [0.2, 0.25) is 5.91 Å². The monoisotopic (exact) mass is 308 g/mol. The average molecular weight is 308 g/mol. The van der Waals surface area contributed by atoms with Crippen molar-refractivity contribution in [1.82, 2.24) is 5.32 Å². The smallest absolute Gasteiger partial charge is 0.251 e. The summed E-state index contributed by atoms with van der Waals surface area (Å²) in [6.07, 6.45) is 3.20. The zero-order chi connectivity index (χ0) is 16.8. The predicted molar refractivity (Wildman–Crippen MR) is 93.4 cm³/mol. The van der Waals surface area contributed by atoms with Crippen LogP contribution < -0.4 is 10.6 Å². The number of hydrogen-bond donors (Lipinski definition) is 2. The summed E-state index contributed by atoms with van der Waals surface area (Å²) in [5.41, 5.74) is 4.45. The Labute approximate surface area is 136 Å². The van der Waals surface area contributed by atoms with E-state index in [2.05, 4.69) is 10.6 Å². The Balaban J connectivity index is 2.03. The number of anilines is 1. The first kappa shape index (κ1) is 16.5. The Bertz CT molecular complexity index is 746. The molecule has 2 aromatic rings. The molecular weight excluding hydrogens is 288 g/mol. The molecule has 0 aliphatic rings. The van der Waals surface area contributed by atoms with Crippen LogP contribution in [0.2, 0.25) is 0 Å². The quantitative estimate of drug-likeness (QED) is 0.851. The van der Waals surface area contributed by atoms with E-state index in [1.54, 1.807) is 37.4 Å². The summed E-state index contributed by atoms with van der Waals surface area (Å²) in [7, 11) is 1.59. The third kappa shape index (κ3) is 4.30. The van der Waals surface area contributed by atoms with Gasteiger partial charge in [-0.15, -0.1) is 0 Å². The second-order valence-corrected chi connectivity index (χ2v) is 5.27. The Morgan fingerprint density at radius 3 is 2.35 bits per heavy atom. The van der Waals surface area contributed by atoms with Crippen LogP contribution in [0, 0.1) is 13.8 Å². The molecule has 0 atom stereocenters. The second-order valence-electron chi connectivity index (χ2n) is 5.27. The van der Waals surface area contributed by atoms with Gasteiger partial charge in [0.25, 0.3) is 5.91 Å². The Kier molecular flexibility index (Phi) is 5.31. The molecule has 0 saturated carbocycles. The van der Waals surface area contributed by atoms with Crippen molar-refractivity contribution >= 4 is 23.6 Å². The van der Waals surface area contributed by atoms with Crippen LogP contribution in [0.1, 0.15) is 27.0 Å². The molecule has 0 saturated heterocycles. The molecule has 2 rings (SSSR count). The topological polar surface area (TPSA) is 58.2 Å². The largest absolute Gasteiger partial charge is 0.355 e. The molecule has 0 aliphatic heterocycles. The van der Waals surface area contributed by atoms with E-state index in [-0.39, 0.29) is 11.8 Å². The lowest BCUT2D eigenvalue weighted by Crippen LogP contribution is -2.17. The van der Waals surface area contributed by atoms with Gasteiger partial charge in [-0.1, -0.05) is 24.3 Å². The fraction of sp³-hybridized carbons (Fsp3) is 0.158. The molecule has 0 heterocycles. The summed E-state index contributed by atoms with van der Waals surface area (Å²) in [6.45, 7) is 3.99. The van der Waals surface area contributed by atoms with Crippen molar-refractivity contribution in [3.63, 3.8) is 0 Å². The maximum absolute atomic E-state index is 12.0.